The number of benzene rings is 1. The number of nitrogens with zero attached hydrogens (tertiary/aromatic N) is 1. The van der Waals surface area contributed by atoms with Crippen molar-refractivity contribution < 1.29 is 14.1 Å². The van der Waals surface area contributed by atoms with E-state index < -0.39 is 0 Å². The van der Waals surface area contributed by atoms with Gasteiger partial charge in [0.1, 0.15) is 11.5 Å². The van der Waals surface area contributed by atoms with Crippen LogP contribution in [0, 0.1) is 6.92 Å². The third-order valence-electron chi connectivity index (χ3n) is 2.43. The Kier molecular flexibility index (Phi) is 3.97. The normalized spacial score (nSPS) is 10.6. The number of methoxy groups -OCH3 is 1. The van der Waals surface area contributed by atoms with Gasteiger partial charge in [-0.1, -0.05) is 23.4 Å². The molecule has 2 rings (SSSR count). The fraction of sp³-hybridized carbons (Fsp3) is 0.143. The van der Waals surface area contributed by atoms with Crippen molar-refractivity contribution in [3.8, 4) is 5.75 Å². The molecule has 2 aromatic rings. The molecule has 0 fully saturated rings. The van der Waals surface area contributed by atoms with Crippen LogP contribution in [0.4, 0.5) is 5.82 Å². The number of hydrogen-bond acceptors (Lipinski definition) is 4. The first-order valence-electron chi connectivity index (χ1n) is 5.74. The van der Waals surface area contributed by atoms with E-state index in [1.165, 1.54) is 6.08 Å². The minimum atomic E-state index is -0.279. The molecule has 1 N–H and O–H groups in total. The van der Waals surface area contributed by atoms with Crippen molar-refractivity contribution in [2.24, 2.45) is 0 Å². The van der Waals surface area contributed by atoms with Crippen molar-refractivity contribution in [1.29, 1.82) is 0 Å². The van der Waals surface area contributed by atoms with Gasteiger partial charge in [-0.3, -0.25) is 4.79 Å². The van der Waals surface area contributed by atoms with E-state index in [2.05, 4.69) is 10.5 Å². The van der Waals surface area contributed by atoms with Crippen molar-refractivity contribution in [3.63, 3.8) is 0 Å². The Hall–Kier alpha value is -2.56. The monoisotopic (exact) mass is 258 g/mol. The summed E-state index contributed by atoms with van der Waals surface area (Å²) in [6.07, 6.45) is 3.10. The van der Waals surface area contributed by atoms with E-state index in [1.807, 2.05) is 24.3 Å². The zero-order valence-corrected chi connectivity index (χ0v) is 10.7. The highest BCUT2D eigenvalue weighted by Gasteiger charge is 2.03. The minimum Gasteiger partial charge on any atom is -0.496 e. The molecule has 1 heterocycles. The van der Waals surface area contributed by atoms with Gasteiger partial charge < -0.3 is 14.6 Å². The van der Waals surface area contributed by atoms with Crippen LogP contribution >= 0.6 is 0 Å². The van der Waals surface area contributed by atoms with Gasteiger partial charge in [0.15, 0.2) is 5.82 Å². The standard InChI is InChI=1S/C14H14N2O3/c1-10-9-13(16-19-10)15-14(17)8-7-11-5-3-4-6-12(11)18-2/h3-9H,1-2H3,(H,15,16,17). The Morgan fingerprint density at radius 2 is 2.21 bits per heavy atom. The summed E-state index contributed by atoms with van der Waals surface area (Å²) in [6, 6.07) is 9.09. The van der Waals surface area contributed by atoms with Crippen molar-refractivity contribution in [1.82, 2.24) is 5.16 Å². The zero-order valence-electron chi connectivity index (χ0n) is 10.7. The molecule has 0 aliphatic carbocycles. The lowest BCUT2D eigenvalue weighted by atomic mass is 10.2. The number of aryl methyl sites for hydroxylation is 1. The number of hydrogen-bond donors (Lipinski definition) is 1. The number of ether oxygens (including phenoxy) is 1. The van der Waals surface area contributed by atoms with E-state index in [0.29, 0.717) is 17.3 Å². The second-order valence-corrected chi connectivity index (χ2v) is 3.89. The lowest BCUT2D eigenvalue weighted by molar-refractivity contribution is -0.111. The van der Waals surface area contributed by atoms with E-state index >= 15 is 0 Å². The molecule has 98 valence electrons. The molecule has 0 unspecified atom stereocenters. The molecule has 19 heavy (non-hydrogen) atoms. The van der Waals surface area contributed by atoms with Gasteiger partial charge >= 0.3 is 0 Å². The quantitative estimate of drug-likeness (QED) is 0.856. The van der Waals surface area contributed by atoms with Gasteiger partial charge in [-0.05, 0) is 19.1 Å². The lowest BCUT2D eigenvalue weighted by Crippen LogP contribution is -2.07. The Morgan fingerprint density at radius 1 is 1.42 bits per heavy atom. The first kappa shape index (κ1) is 12.9. The van der Waals surface area contributed by atoms with Crippen LogP contribution in [0.25, 0.3) is 6.08 Å². The van der Waals surface area contributed by atoms with Gasteiger partial charge in [-0.25, -0.2) is 0 Å². The average molecular weight is 258 g/mol. The van der Waals surface area contributed by atoms with E-state index in [1.54, 1.807) is 26.2 Å². The second-order valence-electron chi connectivity index (χ2n) is 3.89. The van der Waals surface area contributed by atoms with Crippen molar-refractivity contribution in [2.45, 2.75) is 6.92 Å². The number of para-hydroxylation sites is 1. The summed E-state index contributed by atoms with van der Waals surface area (Å²) in [6.45, 7) is 1.76. The molecule has 0 saturated heterocycles. The molecule has 0 saturated carbocycles. The molecule has 5 heteroatoms. The van der Waals surface area contributed by atoms with Crippen molar-refractivity contribution >= 4 is 17.8 Å². The van der Waals surface area contributed by atoms with E-state index in [9.17, 15) is 4.79 Å². The van der Waals surface area contributed by atoms with Crippen molar-refractivity contribution in [3.05, 3.63) is 47.7 Å². The van der Waals surface area contributed by atoms with Gasteiger partial charge in [0.05, 0.1) is 7.11 Å². The second kappa shape index (κ2) is 5.86. The first-order valence-corrected chi connectivity index (χ1v) is 5.74. The Balaban J connectivity index is 2.04. The van der Waals surface area contributed by atoms with Crippen LogP contribution in [0.15, 0.2) is 40.9 Å². The number of rotatable bonds is 4. The lowest BCUT2D eigenvalue weighted by Gasteiger charge is -2.03. The predicted octanol–water partition coefficient (Wildman–Crippen LogP) is 2.64. The maximum atomic E-state index is 11.7. The molecule has 0 aliphatic rings. The molecular formula is C14H14N2O3. The maximum absolute atomic E-state index is 11.7. The smallest absolute Gasteiger partial charge is 0.249 e. The third-order valence-corrected chi connectivity index (χ3v) is 2.43. The van der Waals surface area contributed by atoms with Crippen LogP contribution in [0.1, 0.15) is 11.3 Å². The summed E-state index contributed by atoms with van der Waals surface area (Å²) < 4.78 is 10.0. The molecule has 0 atom stereocenters. The van der Waals surface area contributed by atoms with Crippen molar-refractivity contribution in [2.75, 3.05) is 12.4 Å². The molecule has 1 aromatic carbocycles. The summed E-state index contributed by atoms with van der Waals surface area (Å²) in [5.74, 6) is 1.47. The van der Waals surface area contributed by atoms with E-state index in [0.717, 1.165) is 5.56 Å². The topological polar surface area (TPSA) is 64.4 Å². The van der Waals surface area contributed by atoms with Crippen LogP contribution in [-0.4, -0.2) is 18.2 Å². The maximum Gasteiger partial charge on any atom is 0.249 e. The SMILES string of the molecule is COc1ccccc1C=CC(=O)Nc1cc(C)on1. The van der Waals surface area contributed by atoms with Gasteiger partial charge in [0.2, 0.25) is 5.91 Å². The fourth-order valence-corrected chi connectivity index (χ4v) is 1.56. The number of carbonyl (C=O) groups is 1. The molecule has 5 nitrogen and oxygen atoms in total. The van der Waals surface area contributed by atoms with Gasteiger partial charge in [0, 0.05) is 17.7 Å². The van der Waals surface area contributed by atoms with Crippen LogP contribution in [0.2, 0.25) is 0 Å². The highest BCUT2D eigenvalue weighted by molar-refractivity contribution is 6.01. The van der Waals surface area contributed by atoms with Crippen LogP contribution in [0.3, 0.4) is 0 Å². The predicted molar refractivity (Wildman–Crippen MR) is 71.9 cm³/mol. The van der Waals surface area contributed by atoms with Gasteiger partial charge in [-0.15, -0.1) is 0 Å². The van der Waals surface area contributed by atoms with Crippen LogP contribution < -0.4 is 10.1 Å². The first-order chi connectivity index (χ1) is 9.19. The molecule has 0 radical (unpaired) electrons. The highest BCUT2D eigenvalue weighted by atomic mass is 16.5. The summed E-state index contributed by atoms with van der Waals surface area (Å²) >= 11 is 0. The van der Waals surface area contributed by atoms with Gasteiger partial charge in [-0.2, -0.15) is 0 Å². The number of carbonyl (C=O) groups excluding carboxylic acids is 1. The number of anilines is 1. The van der Waals surface area contributed by atoms with Crippen LogP contribution in [-0.2, 0) is 4.79 Å². The highest BCUT2D eigenvalue weighted by Crippen LogP contribution is 2.18. The number of amides is 1. The minimum absolute atomic E-state index is 0.279. The van der Waals surface area contributed by atoms with E-state index in [4.69, 9.17) is 9.26 Å². The number of nitrogens with one attached hydrogen (secondary N) is 1. The fourth-order valence-electron chi connectivity index (χ4n) is 1.56. The largest absolute Gasteiger partial charge is 0.496 e. The van der Waals surface area contributed by atoms with Crippen LogP contribution in [0.5, 0.6) is 5.75 Å². The Bertz CT molecular complexity index is 602. The molecule has 0 aliphatic heterocycles. The summed E-state index contributed by atoms with van der Waals surface area (Å²) in [4.78, 5) is 11.7. The molecule has 0 bridgehead atoms. The van der Waals surface area contributed by atoms with Gasteiger partial charge in [0.25, 0.3) is 0 Å². The molecule has 0 spiro atoms. The summed E-state index contributed by atoms with van der Waals surface area (Å²) in [7, 11) is 1.59. The molecule has 1 amide bonds. The third kappa shape index (κ3) is 3.45. The molecular weight excluding hydrogens is 244 g/mol. The number of aromatic nitrogens is 1. The van der Waals surface area contributed by atoms with E-state index in [-0.39, 0.29) is 5.91 Å². The Morgan fingerprint density at radius 3 is 2.89 bits per heavy atom. The summed E-state index contributed by atoms with van der Waals surface area (Å²) in [5.41, 5.74) is 0.830. The zero-order chi connectivity index (χ0) is 13.7. The average Bonchev–Trinajstić information content (AvgIpc) is 2.82. The summed E-state index contributed by atoms with van der Waals surface area (Å²) in [5, 5.41) is 6.28. The Labute approximate surface area is 110 Å². The molecule has 1 aromatic heterocycles.